The summed E-state index contributed by atoms with van der Waals surface area (Å²) in [6.07, 6.45) is 2.14. The monoisotopic (exact) mass is 514 g/mol. The Labute approximate surface area is 220 Å². The highest BCUT2D eigenvalue weighted by atomic mass is 35.5. The van der Waals surface area contributed by atoms with Crippen molar-refractivity contribution in [2.75, 3.05) is 5.32 Å². The molecule has 0 spiro atoms. The molecule has 1 amide bonds. The Hall–Kier alpha value is -4.03. The van der Waals surface area contributed by atoms with E-state index in [1.54, 1.807) is 13.0 Å². The van der Waals surface area contributed by atoms with Gasteiger partial charge in [-0.2, -0.15) is 0 Å². The van der Waals surface area contributed by atoms with Crippen molar-refractivity contribution in [3.05, 3.63) is 101 Å². The average molecular weight is 515 g/mol. The number of aromatic nitrogens is 1. The number of amides is 1. The molecule has 1 atom stereocenters. The number of aryl methyl sites for hydroxylation is 1. The molecule has 1 unspecified atom stereocenters. The number of ether oxygens (including phenoxy) is 1. The van der Waals surface area contributed by atoms with E-state index in [9.17, 15) is 14.7 Å². The van der Waals surface area contributed by atoms with Crippen molar-refractivity contribution in [3.8, 4) is 22.4 Å². The molecule has 0 saturated heterocycles. The summed E-state index contributed by atoms with van der Waals surface area (Å²) in [6, 6.07) is 23.0. The fourth-order valence-corrected chi connectivity index (χ4v) is 4.92. The van der Waals surface area contributed by atoms with E-state index in [0.29, 0.717) is 23.6 Å². The molecule has 188 valence electrons. The van der Waals surface area contributed by atoms with Crippen molar-refractivity contribution in [2.45, 2.75) is 38.2 Å². The highest BCUT2D eigenvalue weighted by Gasteiger charge is 2.51. The number of nitrogens with one attached hydrogen (secondary N) is 2. The molecular weight excluding hydrogens is 488 g/mol. The molecule has 0 bridgehead atoms. The number of hydrogen-bond acceptors (Lipinski definition) is 3. The third-order valence-corrected chi connectivity index (χ3v) is 7.38. The van der Waals surface area contributed by atoms with Gasteiger partial charge in [0.1, 0.15) is 6.10 Å². The number of rotatable bonds is 7. The average Bonchev–Trinajstić information content (AvgIpc) is 3.64. The maximum atomic E-state index is 12.7. The minimum atomic E-state index is -0.752. The van der Waals surface area contributed by atoms with Gasteiger partial charge < -0.3 is 14.8 Å². The second-order valence-corrected chi connectivity index (χ2v) is 9.86. The normalized spacial score (nSPS) is 14.6. The maximum absolute atomic E-state index is 12.7. The van der Waals surface area contributed by atoms with Crippen LogP contribution in [0.25, 0.3) is 22.4 Å². The molecule has 6 nitrogen and oxygen atoms in total. The highest BCUT2D eigenvalue weighted by molar-refractivity contribution is 6.31. The van der Waals surface area contributed by atoms with E-state index >= 15 is 0 Å². The topological polar surface area (TPSA) is 91.4 Å². The van der Waals surface area contributed by atoms with Gasteiger partial charge in [0.2, 0.25) is 0 Å². The number of anilines is 1. The summed E-state index contributed by atoms with van der Waals surface area (Å²) in [5.41, 5.74) is 6.13. The molecule has 0 aliphatic heterocycles. The lowest BCUT2D eigenvalue weighted by molar-refractivity contribution is -0.140. The van der Waals surface area contributed by atoms with Gasteiger partial charge in [-0.25, -0.2) is 4.79 Å². The fourth-order valence-electron chi connectivity index (χ4n) is 4.63. The first-order valence-electron chi connectivity index (χ1n) is 12.1. The van der Waals surface area contributed by atoms with E-state index in [4.69, 9.17) is 16.3 Å². The maximum Gasteiger partial charge on any atom is 0.412 e. The molecule has 5 rings (SSSR count). The predicted molar refractivity (Wildman–Crippen MR) is 145 cm³/mol. The Morgan fingerprint density at radius 2 is 1.57 bits per heavy atom. The van der Waals surface area contributed by atoms with E-state index in [2.05, 4.69) is 10.3 Å². The van der Waals surface area contributed by atoms with Crippen LogP contribution in [0.1, 0.15) is 42.6 Å². The molecule has 1 fully saturated rings. The quantitative estimate of drug-likeness (QED) is 0.235. The van der Waals surface area contributed by atoms with Crippen LogP contribution in [-0.2, 0) is 14.9 Å². The summed E-state index contributed by atoms with van der Waals surface area (Å²) < 4.78 is 5.58. The van der Waals surface area contributed by atoms with Crippen LogP contribution in [0.5, 0.6) is 0 Å². The number of carbonyl (C=O) groups excluding carboxylic acids is 1. The number of H-pyrrole nitrogens is 1. The Morgan fingerprint density at radius 1 is 0.973 bits per heavy atom. The first kappa shape index (κ1) is 24.7. The second-order valence-electron chi connectivity index (χ2n) is 9.46. The zero-order chi connectivity index (χ0) is 26.2. The van der Waals surface area contributed by atoms with Crippen molar-refractivity contribution in [2.24, 2.45) is 0 Å². The number of carboxylic acids is 1. The van der Waals surface area contributed by atoms with Gasteiger partial charge in [-0.1, -0.05) is 78.3 Å². The first-order valence-corrected chi connectivity index (χ1v) is 12.5. The lowest BCUT2D eigenvalue weighted by atomic mass is 9.93. The van der Waals surface area contributed by atoms with Crippen LogP contribution in [0.2, 0.25) is 5.02 Å². The Morgan fingerprint density at radius 3 is 2.16 bits per heavy atom. The molecule has 3 aromatic carbocycles. The van der Waals surface area contributed by atoms with Gasteiger partial charge in [0, 0.05) is 22.3 Å². The van der Waals surface area contributed by atoms with Crippen LogP contribution in [0.4, 0.5) is 10.5 Å². The molecule has 1 aromatic heterocycles. The summed E-state index contributed by atoms with van der Waals surface area (Å²) in [7, 11) is 0. The van der Waals surface area contributed by atoms with Crippen LogP contribution in [0.15, 0.2) is 79.0 Å². The number of halogens is 1. The Bertz CT molecular complexity index is 1450. The molecule has 3 N–H and O–H groups in total. The molecule has 7 heteroatoms. The minimum absolute atomic E-state index is 0.507. The Balaban J connectivity index is 1.30. The summed E-state index contributed by atoms with van der Waals surface area (Å²) in [6.45, 7) is 3.69. The molecule has 4 aromatic rings. The highest BCUT2D eigenvalue weighted by Crippen LogP contribution is 2.48. The van der Waals surface area contributed by atoms with Crippen LogP contribution in [0, 0.1) is 6.92 Å². The smallest absolute Gasteiger partial charge is 0.412 e. The third-order valence-electron chi connectivity index (χ3n) is 7.04. The van der Waals surface area contributed by atoms with E-state index in [1.165, 1.54) is 0 Å². The molecule has 0 radical (unpaired) electrons. The number of carboxylic acid groups (broad SMARTS) is 1. The number of hydrogen-bond donors (Lipinski definition) is 3. The van der Waals surface area contributed by atoms with E-state index < -0.39 is 23.6 Å². The van der Waals surface area contributed by atoms with Gasteiger partial charge in [0.25, 0.3) is 0 Å². The number of aliphatic carboxylic acids is 1. The summed E-state index contributed by atoms with van der Waals surface area (Å²) in [5.74, 6) is -0.752. The van der Waals surface area contributed by atoms with Gasteiger partial charge >= 0.3 is 12.1 Å². The van der Waals surface area contributed by atoms with Gasteiger partial charge in [0.15, 0.2) is 0 Å². The lowest BCUT2D eigenvalue weighted by Crippen LogP contribution is -2.19. The van der Waals surface area contributed by atoms with Crippen molar-refractivity contribution >= 4 is 29.4 Å². The Kier molecular flexibility index (Phi) is 6.52. The van der Waals surface area contributed by atoms with Gasteiger partial charge in [-0.15, -0.1) is 0 Å². The van der Waals surface area contributed by atoms with Crippen molar-refractivity contribution in [1.29, 1.82) is 0 Å². The molecule has 37 heavy (non-hydrogen) atoms. The van der Waals surface area contributed by atoms with Crippen molar-refractivity contribution < 1.29 is 19.4 Å². The number of carbonyl (C=O) groups is 2. The zero-order valence-corrected chi connectivity index (χ0v) is 21.3. The van der Waals surface area contributed by atoms with Crippen molar-refractivity contribution in [3.63, 3.8) is 0 Å². The zero-order valence-electron chi connectivity index (χ0n) is 20.5. The standard InChI is InChI=1S/C30H27ClN2O4/c1-18-17-32-27(26(18)33-29(36)37-19(2)24-5-3-4-6-25(24)31)22-9-7-20(8-10-22)21-11-13-23(14-12-21)30(15-16-30)28(34)35/h3-14,17,19,32H,15-16H2,1-2H3,(H,33,36)(H,34,35). The summed E-state index contributed by atoms with van der Waals surface area (Å²) >= 11 is 6.24. The minimum Gasteiger partial charge on any atom is -0.481 e. The summed E-state index contributed by atoms with van der Waals surface area (Å²) in [5, 5.41) is 12.9. The largest absolute Gasteiger partial charge is 0.481 e. The van der Waals surface area contributed by atoms with Crippen LogP contribution >= 0.6 is 11.6 Å². The van der Waals surface area contributed by atoms with Gasteiger partial charge in [-0.3, -0.25) is 10.1 Å². The van der Waals surface area contributed by atoms with Crippen LogP contribution in [-0.4, -0.2) is 22.2 Å². The van der Waals surface area contributed by atoms with Crippen LogP contribution in [0.3, 0.4) is 0 Å². The number of aromatic amines is 1. The molecule has 1 heterocycles. The first-order chi connectivity index (χ1) is 17.8. The van der Waals surface area contributed by atoms with E-state index in [-0.39, 0.29) is 0 Å². The number of benzene rings is 3. The summed E-state index contributed by atoms with van der Waals surface area (Å²) in [4.78, 5) is 27.5. The predicted octanol–water partition coefficient (Wildman–Crippen LogP) is 7.74. The SMILES string of the molecule is Cc1c[nH]c(-c2ccc(-c3ccc(C4(C(=O)O)CC4)cc3)cc2)c1NC(=O)OC(C)c1ccccc1Cl. The van der Waals surface area contributed by atoms with E-state index in [1.807, 2.05) is 79.9 Å². The lowest BCUT2D eigenvalue weighted by Gasteiger charge is -2.16. The van der Waals surface area contributed by atoms with Crippen LogP contribution < -0.4 is 5.32 Å². The molecular formula is C30H27ClN2O4. The van der Waals surface area contributed by atoms with E-state index in [0.717, 1.165) is 39.1 Å². The van der Waals surface area contributed by atoms with Gasteiger partial charge in [-0.05, 0) is 55.0 Å². The fraction of sp³-hybridized carbons (Fsp3) is 0.200. The molecule has 1 aliphatic carbocycles. The third kappa shape index (κ3) is 4.85. The van der Waals surface area contributed by atoms with Gasteiger partial charge in [0.05, 0.1) is 16.8 Å². The molecule has 1 aliphatic rings. The second kappa shape index (κ2) is 9.79. The van der Waals surface area contributed by atoms with Crippen molar-refractivity contribution in [1.82, 2.24) is 4.98 Å². The molecule has 1 saturated carbocycles.